The number of carbonyl (C=O) groups excluding carboxylic acids is 2. The van der Waals surface area contributed by atoms with Crippen molar-refractivity contribution in [2.24, 2.45) is 0 Å². The zero-order valence-electron chi connectivity index (χ0n) is 12.1. The molecule has 0 bridgehead atoms. The maximum Gasteiger partial charge on any atom is 0.324 e. The van der Waals surface area contributed by atoms with E-state index < -0.39 is 11.3 Å². The van der Waals surface area contributed by atoms with Crippen LogP contribution >= 0.6 is 11.6 Å². The van der Waals surface area contributed by atoms with Crippen molar-refractivity contribution in [1.29, 1.82) is 0 Å². The first-order valence-corrected chi connectivity index (χ1v) is 7.99. The molecule has 2 heterocycles. The molecule has 1 N–H and O–H groups in total. The Kier molecular flexibility index (Phi) is 5.66. The fraction of sp³-hybridized carbons (Fsp3) is 0.857. The van der Waals surface area contributed by atoms with Crippen LogP contribution in [0.3, 0.4) is 0 Å². The lowest BCUT2D eigenvalue weighted by atomic mass is 10.0. The van der Waals surface area contributed by atoms with Gasteiger partial charge in [-0.1, -0.05) is 6.42 Å². The molecule has 5 nitrogen and oxygen atoms in total. The molecule has 3 amide bonds. The van der Waals surface area contributed by atoms with E-state index in [0.29, 0.717) is 6.04 Å². The van der Waals surface area contributed by atoms with Crippen LogP contribution in [0.2, 0.25) is 0 Å². The van der Waals surface area contributed by atoms with Gasteiger partial charge in [0.15, 0.2) is 0 Å². The number of hydrogen-bond acceptors (Lipinski definition) is 3. The molecule has 0 aromatic rings. The first-order chi connectivity index (χ1) is 9.58. The summed E-state index contributed by atoms with van der Waals surface area (Å²) in [5.41, 5.74) is 0. The molecule has 1 atom stereocenters. The molecular weight excluding hydrogens is 278 g/mol. The Morgan fingerprint density at radius 3 is 2.25 bits per heavy atom. The van der Waals surface area contributed by atoms with E-state index in [9.17, 15) is 9.59 Å². The minimum Gasteiger partial charge on any atom is -0.324 e. The minimum absolute atomic E-state index is 0.306. The molecule has 0 aromatic carbocycles. The van der Waals surface area contributed by atoms with Crippen molar-refractivity contribution >= 4 is 23.5 Å². The van der Waals surface area contributed by atoms with Crippen LogP contribution in [0.15, 0.2) is 0 Å². The molecule has 0 radical (unpaired) electrons. The van der Waals surface area contributed by atoms with Gasteiger partial charge in [0.2, 0.25) is 5.91 Å². The summed E-state index contributed by atoms with van der Waals surface area (Å²) in [4.78, 5) is 27.6. The average Bonchev–Trinajstić information content (AvgIpc) is 2.48. The lowest BCUT2D eigenvalue weighted by molar-refractivity contribution is -0.119. The van der Waals surface area contributed by atoms with E-state index in [0.717, 1.165) is 25.9 Å². The molecule has 0 saturated carbocycles. The van der Waals surface area contributed by atoms with E-state index in [-0.39, 0.29) is 6.03 Å². The Bertz CT molecular complexity index is 348. The van der Waals surface area contributed by atoms with E-state index in [2.05, 4.69) is 10.2 Å². The van der Waals surface area contributed by atoms with Crippen LogP contribution in [0, 0.1) is 0 Å². The van der Waals surface area contributed by atoms with Crippen LogP contribution in [0.5, 0.6) is 0 Å². The molecule has 2 fully saturated rings. The standard InChI is InChI=1S/C14H24ClN3O2/c1-11(15)13(19)16-14(20)18-9-5-12(6-10-18)17-7-3-2-4-8-17/h11-12H,2-10H2,1H3,(H,16,19,20). The quantitative estimate of drug-likeness (QED) is 0.791. The number of piperidine rings is 2. The zero-order chi connectivity index (χ0) is 14.5. The van der Waals surface area contributed by atoms with Gasteiger partial charge in [-0.25, -0.2) is 4.79 Å². The van der Waals surface area contributed by atoms with Crippen LogP contribution in [0.4, 0.5) is 4.79 Å². The number of alkyl halides is 1. The molecule has 2 aliphatic heterocycles. The van der Waals surface area contributed by atoms with Gasteiger partial charge in [-0.2, -0.15) is 0 Å². The summed E-state index contributed by atoms with van der Waals surface area (Å²) in [7, 11) is 0. The Morgan fingerprint density at radius 2 is 1.70 bits per heavy atom. The van der Waals surface area contributed by atoms with Crippen LogP contribution in [0.1, 0.15) is 39.0 Å². The lowest BCUT2D eigenvalue weighted by Crippen LogP contribution is -2.52. The van der Waals surface area contributed by atoms with Crippen molar-refractivity contribution in [1.82, 2.24) is 15.1 Å². The summed E-state index contributed by atoms with van der Waals surface area (Å²) in [6, 6.07) is 0.293. The highest BCUT2D eigenvalue weighted by atomic mass is 35.5. The van der Waals surface area contributed by atoms with Gasteiger partial charge in [-0.15, -0.1) is 11.6 Å². The number of nitrogens with zero attached hydrogens (tertiary/aromatic N) is 2. The molecule has 0 aromatic heterocycles. The number of imide groups is 1. The molecule has 6 heteroatoms. The van der Waals surface area contributed by atoms with E-state index >= 15 is 0 Å². The third kappa shape index (κ3) is 4.09. The molecule has 2 saturated heterocycles. The molecular formula is C14H24ClN3O2. The third-order valence-electron chi connectivity index (χ3n) is 4.25. The normalized spacial score (nSPS) is 23.4. The number of carbonyl (C=O) groups is 2. The monoisotopic (exact) mass is 301 g/mol. The van der Waals surface area contributed by atoms with Gasteiger partial charge in [0.25, 0.3) is 0 Å². The first kappa shape index (κ1) is 15.6. The Hall–Kier alpha value is -0.810. The van der Waals surface area contributed by atoms with Crippen molar-refractivity contribution in [3.05, 3.63) is 0 Å². The maximum absolute atomic E-state index is 11.9. The van der Waals surface area contributed by atoms with E-state index in [1.165, 1.54) is 32.4 Å². The van der Waals surface area contributed by atoms with Gasteiger partial charge in [0.05, 0.1) is 0 Å². The SMILES string of the molecule is CC(Cl)C(=O)NC(=O)N1CCC(N2CCCCC2)CC1. The fourth-order valence-electron chi connectivity index (χ4n) is 3.00. The van der Waals surface area contributed by atoms with Gasteiger partial charge < -0.3 is 9.80 Å². The topological polar surface area (TPSA) is 52.7 Å². The largest absolute Gasteiger partial charge is 0.324 e. The van der Waals surface area contributed by atoms with Crippen molar-refractivity contribution in [3.63, 3.8) is 0 Å². The van der Waals surface area contributed by atoms with Gasteiger partial charge in [0, 0.05) is 19.1 Å². The Balaban J connectivity index is 1.75. The first-order valence-electron chi connectivity index (χ1n) is 7.56. The highest BCUT2D eigenvalue weighted by Gasteiger charge is 2.28. The molecule has 2 rings (SSSR count). The summed E-state index contributed by atoms with van der Waals surface area (Å²) in [6.07, 6.45) is 5.93. The number of nitrogens with one attached hydrogen (secondary N) is 1. The molecule has 114 valence electrons. The van der Waals surface area contributed by atoms with Crippen LogP contribution in [0.25, 0.3) is 0 Å². The second-order valence-electron chi connectivity index (χ2n) is 5.73. The predicted molar refractivity (Wildman–Crippen MR) is 78.9 cm³/mol. The third-order valence-corrected chi connectivity index (χ3v) is 4.45. The summed E-state index contributed by atoms with van der Waals surface area (Å²) in [5, 5.41) is 1.67. The minimum atomic E-state index is -0.676. The van der Waals surface area contributed by atoms with Crippen LogP contribution < -0.4 is 5.32 Å². The van der Waals surface area contributed by atoms with Gasteiger partial charge in [-0.3, -0.25) is 10.1 Å². The predicted octanol–water partition coefficient (Wildman–Crippen LogP) is 1.80. The number of hydrogen-bond donors (Lipinski definition) is 1. The molecule has 1 unspecified atom stereocenters. The van der Waals surface area contributed by atoms with Crippen LogP contribution in [-0.4, -0.2) is 59.3 Å². The smallest absolute Gasteiger partial charge is 0.324 e. The van der Waals surface area contributed by atoms with Gasteiger partial charge in [0.1, 0.15) is 5.38 Å². The van der Waals surface area contributed by atoms with Crippen LogP contribution in [-0.2, 0) is 4.79 Å². The lowest BCUT2D eigenvalue weighted by Gasteiger charge is -2.40. The molecule has 0 aliphatic carbocycles. The number of halogens is 1. The second-order valence-corrected chi connectivity index (χ2v) is 6.38. The van der Waals surface area contributed by atoms with Crippen molar-refractivity contribution < 1.29 is 9.59 Å². The Morgan fingerprint density at radius 1 is 1.10 bits per heavy atom. The molecule has 20 heavy (non-hydrogen) atoms. The summed E-state index contributed by atoms with van der Waals surface area (Å²) in [6.45, 7) is 5.39. The van der Waals surface area contributed by atoms with Crippen molar-refractivity contribution in [3.8, 4) is 0 Å². The zero-order valence-corrected chi connectivity index (χ0v) is 12.9. The molecule has 2 aliphatic rings. The van der Waals surface area contributed by atoms with E-state index in [4.69, 9.17) is 11.6 Å². The second kappa shape index (κ2) is 7.27. The molecule has 0 spiro atoms. The van der Waals surface area contributed by atoms with Gasteiger partial charge in [-0.05, 0) is 45.7 Å². The van der Waals surface area contributed by atoms with Crippen molar-refractivity contribution in [2.45, 2.75) is 50.4 Å². The fourth-order valence-corrected chi connectivity index (χ4v) is 3.06. The van der Waals surface area contributed by atoms with E-state index in [1.54, 1.807) is 11.8 Å². The Labute approximate surface area is 125 Å². The number of amides is 3. The number of rotatable bonds is 2. The number of likely N-dealkylation sites (tertiary alicyclic amines) is 2. The van der Waals surface area contributed by atoms with Crippen molar-refractivity contribution in [2.75, 3.05) is 26.2 Å². The van der Waals surface area contributed by atoms with Gasteiger partial charge >= 0.3 is 6.03 Å². The summed E-state index contributed by atoms with van der Waals surface area (Å²) in [5.74, 6) is -0.421. The highest BCUT2D eigenvalue weighted by Crippen LogP contribution is 2.20. The van der Waals surface area contributed by atoms with E-state index in [1.807, 2.05) is 0 Å². The number of urea groups is 1. The summed E-state index contributed by atoms with van der Waals surface area (Å²) < 4.78 is 0. The maximum atomic E-state index is 11.9. The average molecular weight is 302 g/mol. The highest BCUT2D eigenvalue weighted by molar-refractivity contribution is 6.31. The summed E-state index contributed by atoms with van der Waals surface area (Å²) >= 11 is 5.65.